The second-order valence-electron chi connectivity index (χ2n) is 6.20. The highest BCUT2D eigenvalue weighted by Gasteiger charge is 2.21. The average Bonchev–Trinajstić information content (AvgIpc) is 3.19. The molecule has 2 amide bonds. The predicted octanol–water partition coefficient (Wildman–Crippen LogP) is 3.75. The number of esters is 1. The van der Waals surface area contributed by atoms with Gasteiger partial charge in [-0.05, 0) is 19.1 Å². The summed E-state index contributed by atoms with van der Waals surface area (Å²) in [6, 6.07) is 18.0. The lowest BCUT2D eigenvalue weighted by atomic mass is 10.1. The first-order valence-corrected chi connectivity index (χ1v) is 10.3. The molecule has 3 aromatic rings. The van der Waals surface area contributed by atoms with Gasteiger partial charge in [-0.2, -0.15) is 0 Å². The molecule has 0 aliphatic heterocycles. The van der Waals surface area contributed by atoms with Crippen molar-refractivity contribution in [1.82, 2.24) is 10.3 Å². The largest absolute Gasteiger partial charge is 0.462 e. The normalized spacial score (nSPS) is 10.3. The number of hydrogen-bond donors (Lipinski definition) is 2. The number of carbonyl (C=O) groups is 3. The van der Waals surface area contributed by atoms with Crippen LogP contribution in [-0.4, -0.2) is 35.9 Å². The zero-order valence-electron chi connectivity index (χ0n) is 16.4. The number of aromatic nitrogens is 1. The van der Waals surface area contributed by atoms with Gasteiger partial charge in [-0.15, -0.1) is 0 Å². The molecule has 0 spiro atoms. The fourth-order valence-corrected chi connectivity index (χ4v) is 3.56. The summed E-state index contributed by atoms with van der Waals surface area (Å²) in [6.07, 6.45) is 0.0769. The molecule has 0 saturated carbocycles. The summed E-state index contributed by atoms with van der Waals surface area (Å²) in [6.45, 7) is 2.16. The highest BCUT2D eigenvalue weighted by Crippen LogP contribution is 2.31. The fourth-order valence-electron chi connectivity index (χ4n) is 2.66. The van der Waals surface area contributed by atoms with Crippen molar-refractivity contribution in [2.45, 2.75) is 13.3 Å². The Bertz CT molecular complexity index is 1020. The molecule has 30 heavy (non-hydrogen) atoms. The van der Waals surface area contributed by atoms with Crippen molar-refractivity contribution in [1.29, 1.82) is 0 Å². The second-order valence-corrected chi connectivity index (χ2v) is 7.20. The van der Waals surface area contributed by atoms with Crippen LogP contribution in [0.5, 0.6) is 0 Å². The van der Waals surface area contributed by atoms with Crippen molar-refractivity contribution in [3.63, 3.8) is 0 Å². The van der Waals surface area contributed by atoms with Gasteiger partial charge in [0.2, 0.25) is 5.91 Å². The van der Waals surface area contributed by atoms with Crippen LogP contribution >= 0.6 is 11.3 Å². The monoisotopic (exact) mass is 423 g/mol. The number of ether oxygens (including phenoxy) is 1. The molecular weight excluding hydrogens is 402 g/mol. The molecule has 0 fully saturated rings. The van der Waals surface area contributed by atoms with E-state index in [1.165, 1.54) is 0 Å². The van der Waals surface area contributed by atoms with E-state index in [0.717, 1.165) is 16.9 Å². The maximum atomic E-state index is 12.3. The number of nitrogens with one attached hydrogen (secondary N) is 2. The lowest BCUT2D eigenvalue weighted by molar-refractivity contribution is -0.116. The Labute approximate surface area is 178 Å². The summed E-state index contributed by atoms with van der Waals surface area (Å²) in [5.41, 5.74) is 1.75. The van der Waals surface area contributed by atoms with Gasteiger partial charge in [0.05, 0.1) is 12.3 Å². The third kappa shape index (κ3) is 5.51. The van der Waals surface area contributed by atoms with E-state index < -0.39 is 5.97 Å². The number of carbonyl (C=O) groups excluding carboxylic acids is 3. The molecule has 7 nitrogen and oxygen atoms in total. The maximum Gasteiger partial charge on any atom is 0.350 e. The number of thiazole rings is 1. The molecule has 2 aromatic carbocycles. The quantitative estimate of drug-likeness (QED) is 0.538. The standard InChI is InChI=1S/C22H21N3O4S/c1-2-29-21(28)19-18(15-9-5-3-6-10-15)25-22(30-19)24-17(26)13-14-23-20(27)16-11-7-4-8-12-16/h3-12H,2,13-14H2,1H3,(H,23,27)(H,24,25,26). The molecule has 0 atom stereocenters. The van der Waals surface area contributed by atoms with Crippen LogP contribution in [0.1, 0.15) is 33.4 Å². The van der Waals surface area contributed by atoms with Crippen LogP contribution in [0, 0.1) is 0 Å². The van der Waals surface area contributed by atoms with Crippen molar-refractivity contribution in [2.24, 2.45) is 0 Å². The number of amides is 2. The lowest BCUT2D eigenvalue weighted by Crippen LogP contribution is -2.27. The topological polar surface area (TPSA) is 97.4 Å². The summed E-state index contributed by atoms with van der Waals surface area (Å²) in [7, 11) is 0. The minimum absolute atomic E-state index is 0.0769. The Kier molecular flexibility index (Phi) is 7.29. The van der Waals surface area contributed by atoms with Crippen molar-refractivity contribution in [3.05, 3.63) is 71.1 Å². The second kappa shape index (κ2) is 10.3. The summed E-state index contributed by atoms with van der Waals surface area (Å²) >= 11 is 1.06. The van der Waals surface area contributed by atoms with Gasteiger partial charge < -0.3 is 15.4 Å². The van der Waals surface area contributed by atoms with Gasteiger partial charge in [0.1, 0.15) is 4.88 Å². The van der Waals surface area contributed by atoms with Crippen LogP contribution in [0.2, 0.25) is 0 Å². The summed E-state index contributed by atoms with van der Waals surface area (Å²) < 4.78 is 5.11. The van der Waals surface area contributed by atoms with E-state index in [-0.39, 0.29) is 31.4 Å². The maximum absolute atomic E-state index is 12.3. The van der Waals surface area contributed by atoms with Crippen molar-refractivity contribution in [2.75, 3.05) is 18.5 Å². The van der Waals surface area contributed by atoms with E-state index in [4.69, 9.17) is 4.74 Å². The number of rotatable bonds is 8. The third-order valence-corrected chi connectivity index (χ3v) is 5.01. The molecule has 0 radical (unpaired) electrons. The molecule has 0 saturated heterocycles. The van der Waals surface area contributed by atoms with Gasteiger partial charge in [-0.1, -0.05) is 59.9 Å². The van der Waals surface area contributed by atoms with Gasteiger partial charge in [0, 0.05) is 24.1 Å². The van der Waals surface area contributed by atoms with Gasteiger partial charge in [-0.25, -0.2) is 9.78 Å². The zero-order valence-corrected chi connectivity index (χ0v) is 17.2. The molecule has 154 valence electrons. The summed E-state index contributed by atoms with van der Waals surface area (Å²) in [5.74, 6) is -1.04. The van der Waals surface area contributed by atoms with Crippen LogP contribution in [-0.2, 0) is 9.53 Å². The summed E-state index contributed by atoms with van der Waals surface area (Å²) in [4.78, 5) is 41.3. The highest BCUT2D eigenvalue weighted by molar-refractivity contribution is 7.18. The van der Waals surface area contributed by atoms with Crippen LogP contribution in [0.15, 0.2) is 60.7 Å². The molecule has 8 heteroatoms. The van der Waals surface area contributed by atoms with Gasteiger partial charge in [0.15, 0.2) is 5.13 Å². The van der Waals surface area contributed by atoms with Crippen molar-refractivity contribution in [3.8, 4) is 11.3 Å². The Morgan fingerprint density at radius 2 is 1.67 bits per heavy atom. The van der Waals surface area contributed by atoms with E-state index in [9.17, 15) is 14.4 Å². The van der Waals surface area contributed by atoms with E-state index >= 15 is 0 Å². The fraction of sp³-hybridized carbons (Fsp3) is 0.182. The zero-order chi connectivity index (χ0) is 21.3. The molecule has 1 aromatic heterocycles. The third-order valence-electron chi connectivity index (χ3n) is 4.06. The van der Waals surface area contributed by atoms with Gasteiger partial charge in [0.25, 0.3) is 5.91 Å². The minimum Gasteiger partial charge on any atom is -0.462 e. The first-order valence-electron chi connectivity index (χ1n) is 9.45. The Morgan fingerprint density at radius 3 is 2.33 bits per heavy atom. The van der Waals surface area contributed by atoms with Crippen LogP contribution in [0.25, 0.3) is 11.3 Å². The van der Waals surface area contributed by atoms with Gasteiger partial charge in [-0.3, -0.25) is 9.59 Å². The summed E-state index contributed by atoms with van der Waals surface area (Å²) in [5, 5.41) is 5.70. The van der Waals surface area contributed by atoms with E-state index in [1.807, 2.05) is 36.4 Å². The minimum atomic E-state index is -0.482. The van der Waals surface area contributed by atoms with Crippen LogP contribution in [0.4, 0.5) is 5.13 Å². The highest BCUT2D eigenvalue weighted by atomic mass is 32.1. The molecule has 0 aliphatic carbocycles. The number of anilines is 1. The smallest absolute Gasteiger partial charge is 0.350 e. The Hall–Kier alpha value is -3.52. The van der Waals surface area contributed by atoms with Crippen molar-refractivity contribution < 1.29 is 19.1 Å². The molecule has 2 N–H and O–H groups in total. The van der Waals surface area contributed by atoms with E-state index in [2.05, 4.69) is 15.6 Å². The van der Waals surface area contributed by atoms with E-state index in [1.54, 1.807) is 31.2 Å². The van der Waals surface area contributed by atoms with E-state index in [0.29, 0.717) is 21.3 Å². The number of benzene rings is 2. The average molecular weight is 423 g/mol. The SMILES string of the molecule is CCOC(=O)c1sc(NC(=O)CCNC(=O)c2ccccc2)nc1-c1ccccc1. The Balaban J connectivity index is 1.63. The molecule has 0 bridgehead atoms. The Morgan fingerprint density at radius 1 is 1.00 bits per heavy atom. The van der Waals surface area contributed by atoms with Crippen molar-refractivity contribution >= 4 is 34.3 Å². The van der Waals surface area contributed by atoms with Gasteiger partial charge >= 0.3 is 5.97 Å². The molecular formula is C22H21N3O4S. The predicted molar refractivity (Wildman–Crippen MR) is 116 cm³/mol. The first kappa shape index (κ1) is 21.2. The number of hydrogen-bond acceptors (Lipinski definition) is 6. The van der Waals surface area contributed by atoms with Crippen LogP contribution in [0.3, 0.4) is 0 Å². The molecule has 3 rings (SSSR count). The molecule has 0 aliphatic rings. The molecule has 0 unspecified atom stereocenters. The first-order chi connectivity index (χ1) is 14.6. The van der Waals surface area contributed by atoms with Crippen LogP contribution < -0.4 is 10.6 Å². The molecule has 1 heterocycles. The number of nitrogens with zero attached hydrogens (tertiary/aromatic N) is 1. The lowest BCUT2D eigenvalue weighted by Gasteiger charge is -2.05.